The Kier molecular flexibility index (Phi) is 6.21. The standard InChI is InChI=1S/C11H16F3NO5/c12-11(13,14)6-19-4-3-9(16)15-5-7-1-2-8(20-7)10(17)18/h7-8H,1-6H2,(H,15,16)(H,17,18). The van der Waals surface area contributed by atoms with Crippen molar-refractivity contribution in [3.63, 3.8) is 0 Å². The van der Waals surface area contributed by atoms with E-state index in [1.54, 1.807) is 0 Å². The van der Waals surface area contributed by atoms with Crippen LogP contribution in [0.3, 0.4) is 0 Å². The van der Waals surface area contributed by atoms with Crippen LogP contribution in [0.25, 0.3) is 0 Å². The van der Waals surface area contributed by atoms with Gasteiger partial charge in [-0.05, 0) is 12.8 Å². The van der Waals surface area contributed by atoms with Crippen molar-refractivity contribution in [3.8, 4) is 0 Å². The Morgan fingerprint density at radius 2 is 2.05 bits per heavy atom. The Morgan fingerprint density at radius 3 is 2.60 bits per heavy atom. The molecule has 6 nitrogen and oxygen atoms in total. The van der Waals surface area contributed by atoms with Crippen molar-refractivity contribution in [3.05, 3.63) is 0 Å². The third-order valence-electron chi connectivity index (χ3n) is 2.65. The van der Waals surface area contributed by atoms with Gasteiger partial charge >= 0.3 is 12.1 Å². The number of amides is 1. The highest BCUT2D eigenvalue weighted by Crippen LogP contribution is 2.19. The van der Waals surface area contributed by atoms with E-state index < -0.39 is 30.8 Å². The van der Waals surface area contributed by atoms with Gasteiger partial charge in [-0.2, -0.15) is 13.2 Å². The molecule has 2 N–H and O–H groups in total. The van der Waals surface area contributed by atoms with Crippen LogP contribution in [0.5, 0.6) is 0 Å². The van der Waals surface area contributed by atoms with Crippen molar-refractivity contribution >= 4 is 11.9 Å². The van der Waals surface area contributed by atoms with Crippen molar-refractivity contribution in [2.45, 2.75) is 37.6 Å². The van der Waals surface area contributed by atoms with E-state index in [1.807, 2.05) is 0 Å². The first-order valence-corrected chi connectivity index (χ1v) is 6.07. The summed E-state index contributed by atoms with van der Waals surface area (Å²) in [6.45, 7) is -1.57. The van der Waals surface area contributed by atoms with Crippen molar-refractivity contribution in [2.24, 2.45) is 0 Å². The molecule has 1 aliphatic rings. The Balaban J connectivity index is 2.08. The van der Waals surface area contributed by atoms with E-state index in [0.29, 0.717) is 12.8 Å². The van der Waals surface area contributed by atoms with Gasteiger partial charge in [-0.1, -0.05) is 0 Å². The molecule has 0 saturated carbocycles. The number of rotatable bonds is 7. The predicted octanol–water partition coefficient (Wildman–Crippen LogP) is 0.704. The number of hydrogen-bond acceptors (Lipinski definition) is 4. The summed E-state index contributed by atoms with van der Waals surface area (Å²) in [7, 11) is 0. The maximum atomic E-state index is 11.7. The number of carbonyl (C=O) groups is 2. The number of carbonyl (C=O) groups excluding carboxylic acids is 1. The number of halogens is 3. The maximum Gasteiger partial charge on any atom is 0.411 e. The quantitative estimate of drug-likeness (QED) is 0.676. The first-order valence-electron chi connectivity index (χ1n) is 6.07. The highest BCUT2D eigenvalue weighted by Gasteiger charge is 2.30. The van der Waals surface area contributed by atoms with Gasteiger partial charge in [0.05, 0.1) is 12.7 Å². The van der Waals surface area contributed by atoms with E-state index >= 15 is 0 Å². The van der Waals surface area contributed by atoms with Crippen LogP contribution < -0.4 is 5.32 Å². The number of carboxylic acid groups (broad SMARTS) is 1. The number of alkyl halides is 3. The second-order valence-electron chi connectivity index (χ2n) is 4.38. The third-order valence-corrected chi connectivity index (χ3v) is 2.65. The minimum Gasteiger partial charge on any atom is -0.479 e. The Hall–Kier alpha value is -1.35. The summed E-state index contributed by atoms with van der Waals surface area (Å²) in [5, 5.41) is 11.2. The highest BCUT2D eigenvalue weighted by molar-refractivity contribution is 5.76. The van der Waals surface area contributed by atoms with Gasteiger partial charge in [-0.3, -0.25) is 4.79 Å². The second kappa shape index (κ2) is 7.44. The third kappa shape index (κ3) is 6.71. The number of nitrogens with one attached hydrogen (secondary N) is 1. The van der Waals surface area contributed by atoms with Crippen LogP contribution in [0.2, 0.25) is 0 Å². The average Bonchev–Trinajstić information content (AvgIpc) is 2.80. The van der Waals surface area contributed by atoms with Crippen LogP contribution >= 0.6 is 0 Å². The van der Waals surface area contributed by atoms with Gasteiger partial charge < -0.3 is 19.9 Å². The Bertz CT molecular complexity index is 347. The number of ether oxygens (including phenoxy) is 2. The fraction of sp³-hybridized carbons (Fsp3) is 0.818. The number of carboxylic acids is 1. The molecule has 0 aromatic heterocycles. The summed E-state index contributed by atoms with van der Waals surface area (Å²) in [4.78, 5) is 21.9. The summed E-state index contributed by atoms with van der Waals surface area (Å²) in [6.07, 6.45) is -4.93. The Morgan fingerprint density at radius 1 is 1.35 bits per heavy atom. The molecule has 2 unspecified atom stereocenters. The van der Waals surface area contributed by atoms with Crippen molar-refractivity contribution in [2.75, 3.05) is 19.8 Å². The summed E-state index contributed by atoms with van der Waals surface area (Å²) in [5.74, 6) is -1.51. The van der Waals surface area contributed by atoms with E-state index in [1.165, 1.54) is 0 Å². The van der Waals surface area contributed by atoms with E-state index in [-0.39, 0.29) is 25.7 Å². The lowest BCUT2D eigenvalue weighted by Crippen LogP contribution is -2.33. The largest absolute Gasteiger partial charge is 0.479 e. The molecule has 0 spiro atoms. The van der Waals surface area contributed by atoms with E-state index in [0.717, 1.165) is 0 Å². The van der Waals surface area contributed by atoms with E-state index in [2.05, 4.69) is 10.1 Å². The topological polar surface area (TPSA) is 84.9 Å². The molecule has 0 aromatic carbocycles. The summed E-state index contributed by atoms with van der Waals surface area (Å²) in [6, 6.07) is 0. The molecule has 0 radical (unpaired) electrons. The molecule has 1 aliphatic heterocycles. The zero-order chi connectivity index (χ0) is 15.2. The molecule has 0 aromatic rings. The normalized spacial score (nSPS) is 22.8. The van der Waals surface area contributed by atoms with Crippen molar-refractivity contribution in [1.29, 1.82) is 0 Å². The molecule has 1 amide bonds. The van der Waals surface area contributed by atoms with E-state index in [4.69, 9.17) is 9.84 Å². The van der Waals surface area contributed by atoms with Crippen molar-refractivity contribution < 1.29 is 37.3 Å². The van der Waals surface area contributed by atoms with Gasteiger partial charge in [0.25, 0.3) is 0 Å². The molecular formula is C11H16F3NO5. The lowest BCUT2D eigenvalue weighted by Gasteiger charge is -2.12. The molecule has 116 valence electrons. The zero-order valence-electron chi connectivity index (χ0n) is 10.6. The van der Waals surface area contributed by atoms with Crippen molar-refractivity contribution in [1.82, 2.24) is 5.32 Å². The summed E-state index contributed by atoms with van der Waals surface area (Å²) in [5.41, 5.74) is 0. The minimum atomic E-state index is -4.40. The molecular weight excluding hydrogens is 283 g/mol. The second-order valence-corrected chi connectivity index (χ2v) is 4.38. The van der Waals surface area contributed by atoms with Gasteiger partial charge in [0.1, 0.15) is 6.61 Å². The van der Waals surface area contributed by atoms with Crippen LogP contribution in [-0.4, -0.2) is 55.1 Å². The first-order chi connectivity index (χ1) is 9.28. The molecule has 0 aliphatic carbocycles. The van der Waals surface area contributed by atoms with Gasteiger partial charge in [0.15, 0.2) is 6.10 Å². The van der Waals surface area contributed by atoms with Crippen LogP contribution in [-0.2, 0) is 19.1 Å². The number of aliphatic carboxylic acids is 1. The highest BCUT2D eigenvalue weighted by atomic mass is 19.4. The monoisotopic (exact) mass is 299 g/mol. The SMILES string of the molecule is O=C(CCOCC(F)(F)F)NCC1CCC(C(=O)O)O1. The van der Waals surface area contributed by atoms with Gasteiger partial charge in [-0.25, -0.2) is 4.79 Å². The number of hydrogen-bond donors (Lipinski definition) is 2. The fourth-order valence-electron chi connectivity index (χ4n) is 1.71. The smallest absolute Gasteiger partial charge is 0.411 e. The van der Waals surface area contributed by atoms with Crippen LogP contribution in [0, 0.1) is 0 Å². The predicted molar refractivity (Wildman–Crippen MR) is 60.0 cm³/mol. The molecule has 1 fully saturated rings. The fourth-order valence-corrected chi connectivity index (χ4v) is 1.71. The summed E-state index contributed by atoms with van der Waals surface area (Å²) >= 11 is 0. The minimum absolute atomic E-state index is 0.141. The van der Waals surface area contributed by atoms with Crippen LogP contribution in [0.4, 0.5) is 13.2 Å². The lowest BCUT2D eigenvalue weighted by molar-refractivity contribution is -0.174. The molecule has 0 bridgehead atoms. The van der Waals surface area contributed by atoms with E-state index in [9.17, 15) is 22.8 Å². The molecule has 20 heavy (non-hydrogen) atoms. The lowest BCUT2D eigenvalue weighted by atomic mass is 10.2. The molecule has 2 atom stereocenters. The van der Waals surface area contributed by atoms with Gasteiger partial charge in [-0.15, -0.1) is 0 Å². The molecule has 9 heteroatoms. The van der Waals surface area contributed by atoms with Crippen LogP contribution in [0.1, 0.15) is 19.3 Å². The molecule has 1 saturated heterocycles. The average molecular weight is 299 g/mol. The van der Waals surface area contributed by atoms with Gasteiger partial charge in [0, 0.05) is 13.0 Å². The maximum absolute atomic E-state index is 11.7. The Labute approximate surface area is 113 Å². The first kappa shape index (κ1) is 16.7. The van der Waals surface area contributed by atoms with Gasteiger partial charge in [0.2, 0.25) is 5.91 Å². The summed E-state index contributed by atoms with van der Waals surface area (Å²) < 4.78 is 44.7. The molecule has 1 heterocycles. The zero-order valence-corrected chi connectivity index (χ0v) is 10.6. The van der Waals surface area contributed by atoms with Crippen LogP contribution in [0.15, 0.2) is 0 Å². The molecule has 1 rings (SSSR count).